The van der Waals surface area contributed by atoms with Gasteiger partial charge in [0.1, 0.15) is 22.8 Å². The van der Waals surface area contributed by atoms with Crippen molar-refractivity contribution in [3.8, 4) is 5.75 Å². The maximum Gasteiger partial charge on any atom is 0.255 e. The summed E-state index contributed by atoms with van der Waals surface area (Å²) in [5.74, 6) is -6.46. The standard InChI is InChI=1S/C29H36N4O7/c1-31(2)18-12-15(13-33-8-6-5-7-9-33)23(34)20-16(18)10-14-11-17-22(32(3)4)25(36)21(28(30)39)27(38)29(17,40)26(37)19(14)24(20)35/h5-6,12,14,17,22,34-35,38,40H,7-11,13H2,1-4H3,(H2,30,39)/t14-,17-,22+,29-/m0/s1. The first-order chi connectivity index (χ1) is 18.8. The lowest BCUT2D eigenvalue weighted by molar-refractivity contribution is -0.153. The summed E-state index contributed by atoms with van der Waals surface area (Å²) in [5.41, 5.74) is 3.89. The number of aliphatic hydroxyl groups is 3. The van der Waals surface area contributed by atoms with Crippen LogP contribution in [0.4, 0.5) is 5.69 Å². The van der Waals surface area contributed by atoms with E-state index in [1.54, 1.807) is 14.1 Å². The summed E-state index contributed by atoms with van der Waals surface area (Å²) in [7, 11) is 6.87. The van der Waals surface area contributed by atoms with Gasteiger partial charge in [0, 0.05) is 56.5 Å². The monoisotopic (exact) mass is 552 g/mol. The smallest absolute Gasteiger partial charge is 0.255 e. The normalized spacial score (nSPS) is 28.5. The molecule has 0 radical (unpaired) electrons. The Morgan fingerprint density at radius 3 is 2.42 bits per heavy atom. The van der Waals surface area contributed by atoms with Gasteiger partial charge in [-0.3, -0.25) is 24.2 Å². The number of likely N-dealkylation sites (N-methyl/N-ethyl adjacent to an activating group) is 1. The number of nitrogens with two attached hydrogens (primary N) is 1. The fourth-order valence-electron chi connectivity index (χ4n) is 6.94. The number of hydrogen-bond donors (Lipinski definition) is 5. The third kappa shape index (κ3) is 3.94. The lowest BCUT2D eigenvalue weighted by Crippen LogP contribution is -2.65. The van der Waals surface area contributed by atoms with Gasteiger partial charge in [-0.2, -0.15) is 0 Å². The number of primary amides is 1. The molecule has 0 spiro atoms. The van der Waals surface area contributed by atoms with Gasteiger partial charge < -0.3 is 31.1 Å². The number of carbonyl (C=O) groups is 3. The third-order valence-electron chi connectivity index (χ3n) is 8.79. The van der Waals surface area contributed by atoms with Crippen LogP contribution in [-0.2, 0) is 27.3 Å². The van der Waals surface area contributed by atoms with Crippen LogP contribution in [0.3, 0.4) is 0 Å². The average molecular weight is 553 g/mol. The van der Waals surface area contributed by atoms with Crippen LogP contribution in [0, 0.1) is 11.8 Å². The Morgan fingerprint density at radius 1 is 1.15 bits per heavy atom. The number of aliphatic hydroxyl groups excluding tert-OH is 2. The Hall–Kier alpha value is -3.67. The molecule has 214 valence electrons. The Bertz CT molecular complexity index is 1410. The van der Waals surface area contributed by atoms with Crippen molar-refractivity contribution >= 4 is 28.9 Å². The minimum absolute atomic E-state index is 0.0568. The van der Waals surface area contributed by atoms with E-state index in [1.807, 2.05) is 25.1 Å². The molecule has 1 aromatic carbocycles. The van der Waals surface area contributed by atoms with Crippen LogP contribution >= 0.6 is 0 Å². The zero-order chi connectivity index (χ0) is 29.3. The number of benzene rings is 1. The van der Waals surface area contributed by atoms with Crippen molar-refractivity contribution in [3.63, 3.8) is 0 Å². The van der Waals surface area contributed by atoms with Crippen LogP contribution in [0.2, 0.25) is 0 Å². The van der Waals surface area contributed by atoms with E-state index in [4.69, 9.17) is 5.73 Å². The summed E-state index contributed by atoms with van der Waals surface area (Å²) in [6.07, 6.45) is 5.36. The SMILES string of the molecule is CN(C)c1cc(CN2CC=CCC2)c(O)c2c1C[C@H]1C[C@H]3[C@@H](N(C)C)C(=O)C(C(N)=O)=C(O)[C@@]3(O)C(=O)C1=C2O. The first kappa shape index (κ1) is 27.9. The second kappa shape index (κ2) is 9.76. The van der Waals surface area contributed by atoms with Gasteiger partial charge in [0.05, 0.1) is 11.6 Å². The number of rotatable bonds is 5. The number of phenolic OH excluding ortho intramolecular Hbond substituents is 1. The fraction of sp³-hybridized carbons (Fsp3) is 0.483. The van der Waals surface area contributed by atoms with Gasteiger partial charge in [-0.25, -0.2) is 0 Å². The molecule has 1 amide bonds. The van der Waals surface area contributed by atoms with E-state index in [0.717, 1.165) is 25.2 Å². The van der Waals surface area contributed by atoms with Gasteiger partial charge in [0.25, 0.3) is 5.91 Å². The summed E-state index contributed by atoms with van der Waals surface area (Å²) in [5, 5.41) is 45.8. The number of Topliss-reactive ketones (excluding diaryl/α,β-unsaturated/α-hetero) is 2. The van der Waals surface area contributed by atoms with Crippen molar-refractivity contribution < 1.29 is 34.8 Å². The van der Waals surface area contributed by atoms with Crippen molar-refractivity contribution in [1.82, 2.24) is 9.80 Å². The van der Waals surface area contributed by atoms with Gasteiger partial charge in [0.15, 0.2) is 11.4 Å². The van der Waals surface area contributed by atoms with Crippen molar-refractivity contribution in [2.75, 3.05) is 46.2 Å². The number of carbonyl (C=O) groups excluding carboxylic acids is 3. The molecule has 1 heterocycles. The zero-order valence-corrected chi connectivity index (χ0v) is 23.1. The van der Waals surface area contributed by atoms with E-state index in [1.165, 1.54) is 4.90 Å². The van der Waals surface area contributed by atoms with Crippen LogP contribution in [-0.4, -0.2) is 101 Å². The van der Waals surface area contributed by atoms with E-state index < -0.39 is 58.0 Å². The molecule has 4 aliphatic rings. The van der Waals surface area contributed by atoms with E-state index in [-0.39, 0.29) is 29.7 Å². The molecule has 1 saturated carbocycles. The number of ketones is 2. The molecule has 3 aliphatic carbocycles. The minimum Gasteiger partial charge on any atom is -0.508 e. The molecule has 11 heteroatoms. The number of amides is 1. The zero-order valence-electron chi connectivity index (χ0n) is 23.1. The second-order valence-electron chi connectivity index (χ2n) is 11.6. The van der Waals surface area contributed by atoms with Crippen LogP contribution in [0.15, 0.2) is 35.1 Å². The molecule has 4 atom stereocenters. The molecule has 1 aliphatic heterocycles. The lowest BCUT2D eigenvalue weighted by Gasteiger charge is -2.50. The quantitative estimate of drug-likeness (QED) is 0.260. The Kier molecular flexibility index (Phi) is 6.80. The van der Waals surface area contributed by atoms with Gasteiger partial charge >= 0.3 is 0 Å². The Labute approximate surface area is 232 Å². The number of anilines is 1. The first-order valence-electron chi connectivity index (χ1n) is 13.4. The van der Waals surface area contributed by atoms with E-state index >= 15 is 0 Å². The summed E-state index contributed by atoms with van der Waals surface area (Å²) in [6.45, 7) is 1.95. The fourth-order valence-corrected chi connectivity index (χ4v) is 6.94. The maximum atomic E-state index is 14.1. The molecule has 11 nitrogen and oxygen atoms in total. The summed E-state index contributed by atoms with van der Waals surface area (Å²) in [6, 6.07) is 0.784. The molecular formula is C29H36N4O7. The minimum atomic E-state index is -2.65. The van der Waals surface area contributed by atoms with Crippen LogP contribution in [0.1, 0.15) is 29.5 Å². The molecule has 0 bridgehead atoms. The Balaban J connectivity index is 1.70. The predicted octanol–water partition coefficient (Wildman–Crippen LogP) is 0.792. The predicted molar refractivity (Wildman–Crippen MR) is 148 cm³/mol. The van der Waals surface area contributed by atoms with Crippen LogP contribution in [0.25, 0.3) is 5.76 Å². The van der Waals surface area contributed by atoms with E-state index in [2.05, 4.69) is 17.1 Å². The maximum absolute atomic E-state index is 14.1. The van der Waals surface area contributed by atoms with E-state index in [9.17, 15) is 34.8 Å². The second-order valence-corrected chi connectivity index (χ2v) is 11.6. The van der Waals surface area contributed by atoms with Crippen molar-refractivity contribution in [1.29, 1.82) is 0 Å². The summed E-state index contributed by atoms with van der Waals surface area (Å²) < 4.78 is 0. The Morgan fingerprint density at radius 2 is 1.85 bits per heavy atom. The van der Waals surface area contributed by atoms with Gasteiger partial charge in [-0.15, -0.1) is 0 Å². The van der Waals surface area contributed by atoms with Crippen molar-refractivity contribution in [2.45, 2.75) is 37.5 Å². The number of nitrogens with zero attached hydrogens (tertiary/aromatic N) is 3. The molecule has 1 aromatic rings. The number of phenols is 1. The molecule has 6 N–H and O–H groups in total. The van der Waals surface area contributed by atoms with Crippen LogP contribution in [0.5, 0.6) is 5.75 Å². The number of aromatic hydroxyl groups is 1. The lowest BCUT2D eigenvalue weighted by atomic mass is 9.57. The van der Waals surface area contributed by atoms with Gasteiger partial charge in [-0.1, -0.05) is 12.2 Å². The first-order valence-corrected chi connectivity index (χ1v) is 13.4. The summed E-state index contributed by atoms with van der Waals surface area (Å²) in [4.78, 5) is 45.0. The van der Waals surface area contributed by atoms with E-state index in [0.29, 0.717) is 17.7 Å². The van der Waals surface area contributed by atoms with Crippen molar-refractivity contribution in [2.24, 2.45) is 17.6 Å². The highest BCUT2D eigenvalue weighted by atomic mass is 16.3. The largest absolute Gasteiger partial charge is 0.508 e. The molecule has 0 saturated heterocycles. The van der Waals surface area contributed by atoms with Gasteiger partial charge in [-0.05, 0) is 50.9 Å². The molecule has 0 aromatic heterocycles. The number of hydrogen-bond acceptors (Lipinski definition) is 10. The molecule has 5 rings (SSSR count). The highest BCUT2D eigenvalue weighted by Crippen LogP contribution is 2.54. The van der Waals surface area contributed by atoms with Crippen LogP contribution < -0.4 is 10.6 Å². The van der Waals surface area contributed by atoms with Gasteiger partial charge in [0.2, 0.25) is 5.78 Å². The average Bonchev–Trinajstić information content (AvgIpc) is 2.87. The molecule has 1 fully saturated rings. The topological polar surface area (TPSA) is 168 Å². The molecule has 40 heavy (non-hydrogen) atoms. The third-order valence-corrected chi connectivity index (χ3v) is 8.79. The number of fused-ring (bicyclic) bond motifs is 3. The highest BCUT2D eigenvalue weighted by Gasteiger charge is 2.64. The summed E-state index contributed by atoms with van der Waals surface area (Å²) >= 11 is 0. The molecular weight excluding hydrogens is 516 g/mol. The highest BCUT2D eigenvalue weighted by molar-refractivity contribution is 6.24. The molecule has 0 unspecified atom stereocenters. The van der Waals surface area contributed by atoms with Crippen molar-refractivity contribution in [3.05, 3.63) is 51.8 Å².